The first kappa shape index (κ1) is 14.8. The van der Waals surface area contributed by atoms with Gasteiger partial charge in [0.15, 0.2) is 0 Å². The summed E-state index contributed by atoms with van der Waals surface area (Å²) in [5.41, 5.74) is 2.23. The molecule has 0 spiro atoms. The number of pyridine rings is 1. The van der Waals surface area contributed by atoms with Crippen LogP contribution in [0.1, 0.15) is 24.8 Å². The molecule has 2 aromatic rings. The van der Waals surface area contributed by atoms with E-state index < -0.39 is 0 Å². The first-order valence-corrected chi connectivity index (χ1v) is 8.17. The third-order valence-corrected chi connectivity index (χ3v) is 4.50. The van der Waals surface area contributed by atoms with Gasteiger partial charge < -0.3 is 10.2 Å². The monoisotopic (exact) mass is 303 g/mol. The minimum Gasteiger partial charge on any atom is -0.311 e. The minimum atomic E-state index is 0.773. The lowest BCUT2D eigenvalue weighted by atomic mass is 10.1. The van der Waals surface area contributed by atoms with Crippen molar-refractivity contribution in [3.63, 3.8) is 0 Å². The average molecular weight is 304 g/mol. The third-order valence-electron chi connectivity index (χ3n) is 4.17. The number of rotatable bonds is 5. The number of halogens is 1. The molecular formula is C17H22ClN3. The average Bonchev–Trinajstić information content (AvgIpc) is 2.55. The lowest BCUT2D eigenvalue weighted by Gasteiger charge is -2.26. The van der Waals surface area contributed by atoms with E-state index in [-0.39, 0.29) is 0 Å². The summed E-state index contributed by atoms with van der Waals surface area (Å²) in [6.07, 6.45) is 5.93. The number of nitrogens with one attached hydrogen (secondary N) is 1. The van der Waals surface area contributed by atoms with E-state index in [2.05, 4.69) is 21.3 Å². The van der Waals surface area contributed by atoms with Crippen LogP contribution >= 0.6 is 11.6 Å². The molecule has 1 N–H and O–H groups in total. The molecule has 1 aromatic carbocycles. The summed E-state index contributed by atoms with van der Waals surface area (Å²) in [7, 11) is 0. The maximum absolute atomic E-state index is 6.22. The number of benzene rings is 1. The lowest BCUT2D eigenvalue weighted by molar-refractivity contribution is 0.229. The molecule has 0 amide bonds. The molecule has 4 heteroatoms. The Labute approximate surface area is 131 Å². The van der Waals surface area contributed by atoms with E-state index in [1.807, 2.05) is 24.4 Å². The van der Waals surface area contributed by atoms with Gasteiger partial charge in [-0.15, -0.1) is 0 Å². The Morgan fingerprint density at radius 1 is 1.14 bits per heavy atom. The van der Waals surface area contributed by atoms with Crippen LogP contribution in [-0.2, 0) is 6.54 Å². The second-order valence-electron chi connectivity index (χ2n) is 5.69. The zero-order valence-corrected chi connectivity index (χ0v) is 13.1. The van der Waals surface area contributed by atoms with Gasteiger partial charge in [0.2, 0.25) is 0 Å². The van der Waals surface area contributed by atoms with Crippen LogP contribution in [0.4, 0.5) is 0 Å². The summed E-state index contributed by atoms with van der Waals surface area (Å²) in [6, 6.07) is 8.00. The van der Waals surface area contributed by atoms with E-state index in [0.29, 0.717) is 0 Å². The van der Waals surface area contributed by atoms with Crippen molar-refractivity contribution in [2.75, 3.05) is 26.2 Å². The molecule has 1 aromatic heterocycles. The van der Waals surface area contributed by atoms with E-state index in [4.69, 9.17) is 11.6 Å². The van der Waals surface area contributed by atoms with Crippen molar-refractivity contribution in [1.82, 2.24) is 15.2 Å². The van der Waals surface area contributed by atoms with Crippen molar-refractivity contribution in [3.05, 3.63) is 41.0 Å². The molecule has 0 unspecified atom stereocenters. The molecule has 1 saturated heterocycles. The van der Waals surface area contributed by atoms with Crippen molar-refractivity contribution in [1.29, 1.82) is 0 Å². The van der Waals surface area contributed by atoms with Gasteiger partial charge in [0.25, 0.3) is 0 Å². The van der Waals surface area contributed by atoms with Gasteiger partial charge in [-0.1, -0.05) is 24.1 Å². The van der Waals surface area contributed by atoms with Crippen molar-refractivity contribution in [2.45, 2.75) is 25.8 Å². The summed E-state index contributed by atoms with van der Waals surface area (Å²) < 4.78 is 0. The Kier molecular flexibility index (Phi) is 5.07. The van der Waals surface area contributed by atoms with Crippen LogP contribution in [-0.4, -0.2) is 36.1 Å². The fourth-order valence-electron chi connectivity index (χ4n) is 2.98. The normalized spacial score (nSPS) is 16.4. The largest absolute Gasteiger partial charge is 0.311 e. The van der Waals surface area contributed by atoms with E-state index in [1.54, 1.807) is 0 Å². The van der Waals surface area contributed by atoms with Crippen molar-refractivity contribution >= 4 is 22.5 Å². The van der Waals surface area contributed by atoms with Crippen LogP contribution in [0.15, 0.2) is 30.5 Å². The molecule has 0 saturated carbocycles. The van der Waals surface area contributed by atoms with E-state index in [0.717, 1.165) is 35.6 Å². The van der Waals surface area contributed by atoms with E-state index in [9.17, 15) is 0 Å². The van der Waals surface area contributed by atoms with Gasteiger partial charge in [-0.2, -0.15) is 0 Å². The van der Waals surface area contributed by atoms with Gasteiger partial charge in [-0.25, -0.2) is 0 Å². The van der Waals surface area contributed by atoms with Gasteiger partial charge in [-0.05, 0) is 49.7 Å². The molecule has 1 aliphatic heterocycles. The molecule has 112 valence electrons. The number of aromatic nitrogens is 1. The predicted octanol–water partition coefficient (Wildman–Crippen LogP) is 3.46. The number of likely N-dealkylation sites (tertiary alicyclic amines) is 1. The fourth-order valence-corrected chi connectivity index (χ4v) is 3.20. The first-order chi connectivity index (χ1) is 10.3. The van der Waals surface area contributed by atoms with Crippen LogP contribution in [0.5, 0.6) is 0 Å². The van der Waals surface area contributed by atoms with Crippen LogP contribution in [0.2, 0.25) is 5.02 Å². The van der Waals surface area contributed by atoms with Crippen LogP contribution in [0.25, 0.3) is 10.9 Å². The highest BCUT2D eigenvalue weighted by Gasteiger charge is 2.09. The summed E-state index contributed by atoms with van der Waals surface area (Å²) in [5, 5.41) is 5.35. The molecule has 2 heterocycles. The second kappa shape index (κ2) is 7.21. The number of fused-ring (bicyclic) bond motifs is 1. The van der Waals surface area contributed by atoms with E-state index in [1.165, 1.54) is 37.9 Å². The topological polar surface area (TPSA) is 28.2 Å². The lowest BCUT2D eigenvalue weighted by Crippen LogP contribution is -2.35. The van der Waals surface area contributed by atoms with Gasteiger partial charge in [0, 0.05) is 36.2 Å². The third kappa shape index (κ3) is 3.73. The zero-order chi connectivity index (χ0) is 14.5. The van der Waals surface area contributed by atoms with Gasteiger partial charge in [0.05, 0.1) is 5.52 Å². The fraction of sp³-hybridized carbons (Fsp3) is 0.471. The van der Waals surface area contributed by atoms with Crippen molar-refractivity contribution < 1.29 is 0 Å². The molecule has 3 rings (SSSR count). The first-order valence-electron chi connectivity index (χ1n) is 7.80. The Morgan fingerprint density at radius 3 is 2.86 bits per heavy atom. The van der Waals surface area contributed by atoms with Gasteiger partial charge in [-0.3, -0.25) is 4.98 Å². The Balaban J connectivity index is 1.57. The van der Waals surface area contributed by atoms with Crippen molar-refractivity contribution in [2.24, 2.45) is 0 Å². The SMILES string of the molecule is Clc1ccc(CNCCN2CCCCC2)c2ncccc12. The molecular weight excluding hydrogens is 282 g/mol. The number of nitrogens with zero attached hydrogens (tertiary/aromatic N) is 2. The molecule has 0 bridgehead atoms. The quantitative estimate of drug-likeness (QED) is 0.857. The molecule has 3 nitrogen and oxygen atoms in total. The Morgan fingerprint density at radius 2 is 2.00 bits per heavy atom. The highest BCUT2D eigenvalue weighted by Crippen LogP contribution is 2.24. The summed E-state index contributed by atoms with van der Waals surface area (Å²) in [6.45, 7) is 5.52. The zero-order valence-electron chi connectivity index (χ0n) is 12.3. The molecule has 0 radical (unpaired) electrons. The maximum Gasteiger partial charge on any atom is 0.0761 e. The second-order valence-corrected chi connectivity index (χ2v) is 6.09. The number of hydrogen-bond donors (Lipinski definition) is 1. The summed E-state index contributed by atoms with van der Waals surface area (Å²) in [4.78, 5) is 7.03. The van der Waals surface area contributed by atoms with Crippen LogP contribution < -0.4 is 5.32 Å². The van der Waals surface area contributed by atoms with Gasteiger partial charge in [0.1, 0.15) is 0 Å². The summed E-state index contributed by atoms with van der Waals surface area (Å²) in [5.74, 6) is 0. The highest BCUT2D eigenvalue weighted by atomic mass is 35.5. The van der Waals surface area contributed by atoms with Crippen molar-refractivity contribution in [3.8, 4) is 0 Å². The molecule has 0 aliphatic carbocycles. The Hall–Kier alpha value is -1.16. The van der Waals surface area contributed by atoms with Crippen LogP contribution in [0, 0.1) is 0 Å². The smallest absolute Gasteiger partial charge is 0.0761 e. The predicted molar refractivity (Wildman–Crippen MR) is 88.8 cm³/mol. The van der Waals surface area contributed by atoms with Gasteiger partial charge >= 0.3 is 0 Å². The molecule has 21 heavy (non-hydrogen) atoms. The molecule has 1 aliphatic rings. The number of piperidine rings is 1. The minimum absolute atomic E-state index is 0.773. The molecule has 0 atom stereocenters. The van der Waals surface area contributed by atoms with Crippen LogP contribution in [0.3, 0.4) is 0 Å². The summed E-state index contributed by atoms with van der Waals surface area (Å²) >= 11 is 6.22. The number of hydrogen-bond acceptors (Lipinski definition) is 3. The Bertz CT molecular complexity index is 594. The van der Waals surface area contributed by atoms with E-state index >= 15 is 0 Å². The highest BCUT2D eigenvalue weighted by molar-refractivity contribution is 6.35. The standard InChI is InChI=1S/C17H22ClN3/c18-16-7-6-14(17-15(16)5-4-8-20-17)13-19-9-12-21-10-2-1-3-11-21/h4-8,19H,1-3,9-13H2. The molecule has 1 fully saturated rings. The maximum atomic E-state index is 6.22.